The second-order valence-electron chi connectivity index (χ2n) is 3.82. The van der Waals surface area contributed by atoms with Crippen molar-refractivity contribution in [1.29, 1.82) is 0 Å². The number of aryl methyl sites for hydroxylation is 1. The molecule has 0 bridgehead atoms. The minimum absolute atomic E-state index is 0.0539. The summed E-state index contributed by atoms with van der Waals surface area (Å²) in [6.07, 6.45) is 1.25. The molecule has 0 saturated carbocycles. The second-order valence-corrected chi connectivity index (χ2v) is 6.12. The van der Waals surface area contributed by atoms with Gasteiger partial charge in [0, 0.05) is 27.7 Å². The molecule has 0 amide bonds. The van der Waals surface area contributed by atoms with Gasteiger partial charge >= 0.3 is 5.69 Å². The van der Waals surface area contributed by atoms with Gasteiger partial charge in [0.2, 0.25) is 15.8 Å². The highest BCUT2D eigenvalue weighted by atomic mass is 32.2. The van der Waals surface area contributed by atoms with Gasteiger partial charge in [-0.3, -0.25) is 14.8 Å². The van der Waals surface area contributed by atoms with Crippen LogP contribution in [0, 0.1) is 10.1 Å². The predicted molar refractivity (Wildman–Crippen MR) is 65.8 cm³/mol. The van der Waals surface area contributed by atoms with Crippen molar-refractivity contribution in [3.8, 4) is 0 Å². The number of hydrogen-bond acceptors (Lipinski definition) is 6. The van der Waals surface area contributed by atoms with E-state index < -0.39 is 14.9 Å². The van der Waals surface area contributed by atoms with E-state index in [1.807, 2.05) is 0 Å². The van der Waals surface area contributed by atoms with E-state index in [0.29, 0.717) is 0 Å². The Balaban J connectivity index is 2.68. The second kappa shape index (κ2) is 5.31. The maximum Gasteiger partial charge on any atom is 0.330 e. The zero-order chi connectivity index (χ0) is 13.9. The summed E-state index contributed by atoms with van der Waals surface area (Å²) in [5.41, 5.74) is -0.181. The number of nitrogens with zero attached hydrogens (tertiary/aromatic N) is 4. The molecule has 102 valence electrons. The summed E-state index contributed by atoms with van der Waals surface area (Å²) in [6.45, 7) is 0.0539. The maximum atomic E-state index is 11.5. The lowest BCUT2D eigenvalue weighted by Crippen LogP contribution is -2.28. The molecule has 0 aliphatic heterocycles. The Bertz CT molecular complexity index is 536. The lowest BCUT2D eigenvalue weighted by Gasteiger charge is -2.10. The molecule has 0 spiro atoms. The van der Waals surface area contributed by atoms with Crippen molar-refractivity contribution in [2.45, 2.75) is 0 Å². The minimum Gasteiger partial charge on any atom is -0.362 e. The first-order chi connectivity index (χ1) is 8.24. The molecule has 1 aromatic rings. The van der Waals surface area contributed by atoms with E-state index in [0.717, 1.165) is 4.31 Å². The molecule has 0 atom stereocenters. The summed E-state index contributed by atoms with van der Waals surface area (Å²) in [5.74, 6) is -0.0928. The highest BCUT2D eigenvalue weighted by Gasteiger charge is 2.19. The number of aromatic nitrogens is 2. The summed E-state index contributed by atoms with van der Waals surface area (Å²) in [4.78, 5) is 10.1. The molecule has 0 aliphatic rings. The van der Waals surface area contributed by atoms with Crippen LogP contribution in [0.2, 0.25) is 0 Å². The first-order valence-electron chi connectivity index (χ1n) is 5.06. The maximum absolute atomic E-state index is 11.5. The first-order valence-corrected chi connectivity index (χ1v) is 6.67. The van der Waals surface area contributed by atoms with Gasteiger partial charge in [0.05, 0.1) is 10.7 Å². The van der Waals surface area contributed by atoms with Crippen LogP contribution in [-0.2, 0) is 17.1 Å². The molecule has 9 nitrogen and oxygen atoms in total. The van der Waals surface area contributed by atoms with Crippen molar-refractivity contribution in [3.63, 3.8) is 0 Å². The lowest BCUT2D eigenvalue weighted by molar-refractivity contribution is -0.384. The number of nitro groups is 1. The Morgan fingerprint density at radius 3 is 2.67 bits per heavy atom. The van der Waals surface area contributed by atoms with Crippen molar-refractivity contribution in [2.75, 3.05) is 31.7 Å². The topological polar surface area (TPSA) is 110 Å². The zero-order valence-electron chi connectivity index (χ0n) is 10.3. The fourth-order valence-electron chi connectivity index (χ4n) is 1.22. The Morgan fingerprint density at radius 1 is 1.56 bits per heavy atom. The van der Waals surface area contributed by atoms with Crippen LogP contribution < -0.4 is 5.32 Å². The smallest absolute Gasteiger partial charge is 0.330 e. The van der Waals surface area contributed by atoms with Crippen LogP contribution in [0.5, 0.6) is 0 Å². The quantitative estimate of drug-likeness (QED) is 0.561. The van der Waals surface area contributed by atoms with Gasteiger partial charge in [-0.15, -0.1) is 5.10 Å². The van der Waals surface area contributed by atoms with Crippen molar-refractivity contribution in [3.05, 3.63) is 16.3 Å². The monoisotopic (exact) mass is 277 g/mol. The van der Waals surface area contributed by atoms with Crippen LogP contribution in [0.3, 0.4) is 0 Å². The van der Waals surface area contributed by atoms with Gasteiger partial charge in [0.25, 0.3) is 0 Å². The highest BCUT2D eigenvalue weighted by molar-refractivity contribution is 7.89. The van der Waals surface area contributed by atoms with Gasteiger partial charge in [-0.1, -0.05) is 0 Å². The third-order valence-electron chi connectivity index (χ3n) is 2.21. The normalized spacial score (nSPS) is 11.8. The lowest BCUT2D eigenvalue weighted by atomic mass is 10.5. The Kier molecular flexibility index (Phi) is 4.24. The number of sulfonamides is 1. The number of rotatable bonds is 6. The summed E-state index contributed by atoms with van der Waals surface area (Å²) in [5, 5.41) is 17.2. The summed E-state index contributed by atoms with van der Waals surface area (Å²) in [6, 6.07) is 0. The van der Waals surface area contributed by atoms with Crippen LogP contribution in [0.15, 0.2) is 6.20 Å². The van der Waals surface area contributed by atoms with E-state index in [9.17, 15) is 18.5 Å². The molecule has 0 aromatic carbocycles. The van der Waals surface area contributed by atoms with Crippen LogP contribution in [0.1, 0.15) is 0 Å². The van der Waals surface area contributed by atoms with Crippen LogP contribution in [0.4, 0.5) is 11.5 Å². The third kappa shape index (κ3) is 3.40. The molecule has 0 fully saturated rings. The first kappa shape index (κ1) is 14.4. The summed E-state index contributed by atoms with van der Waals surface area (Å²) in [7, 11) is 1.08. The zero-order valence-corrected chi connectivity index (χ0v) is 11.1. The number of nitrogens with one attached hydrogen (secondary N) is 1. The Labute approximate surface area is 105 Å². The van der Waals surface area contributed by atoms with Gasteiger partial charge in [-0.2, -0.15) is 0 Å². The van der Waals surface area contributed by atoms with Crippen molar-refractivity contribution in [2.24, 2.45) is 7.05 Å². The molecule has 18 heavy (non-hydrogen) atoms. The molecule has 1 heterocycles. The van der Waals surface area contributed by atoms with E-state index in [1.165, 1.54) is 25.0 Å². The van der Waals surface area contributed by atoms with Crippen LogP contribution in [0.25, 0.3) is 0 Å². The fourth-order valence-corrected chi connectivity index (χ4v) is 1.94. The van der Waals surface area contributed by atoms with Crippen molar-refractivity contribution < 1.29 is 13.3 Å². The van der Waals surface area contributed by atoms with E-state index in [4.69, 9.17) is 0 Å². The molecular weight excluding hydrogens is 262 g/mol. The third-order valence-corrected chi connectivity index (χ3v) is 4.05. The van der Waals surface area contributed by atoms with Crippen molar-refractivity contribution >= 4 is 21.5 Å². The van der Waals surface area contributed by atoms with Gasteiger partial charge in [0.1, 0.15) is 6.20 Å². The summed E-state index contributed by atoms with van der Waals surface area (Å²) < 4.78 is 25.3. The van der Waals surface area contributed by atoms with Gasteiger partial charge in [-0.05, 0) is 0 Å². The molecule has 10 heteroatoms. The van der Waals surface area contributed by atoms with E-state index >= 15 is 0 Å². The molecule has 0 radical (unpaired) electrons. The average molecular weight is 277 g/mol. The average Bonchev–Trinajstić information content (AvgIpc) is 2.59. The minimum atomic E-state index is -3.33. The fraction of sp³-hybridized carbons (Fsp3) is 0.625. The summed E-state index contributed by atoms with van der Waals surface area (Å²) >= 11 is 0. The van der Waals surface area contributed by atoms with E-state index in [2.05, 4.69) is 10.4 Å². The molecule has 1 aromatic heterocycles. The molecule has 0 saturated heterocycles. The molecule has 1 N–H and O–H groups in total. The number of anilines is 1. The van der Waals surface area contributed by atoms with Gasteiger partial charge in [-0.25, -0.2) is 12.7 Å². The molecular formula is C8H15N5O4S. The Hall–Kier alpha value is -1.68. The van der Waals surface area contributed by atoms with Crippen LogP contribution in [-0.4, -0.2) is 53.8 Å². The largest absolute Gasteiger partial charge is 0.362 e. The van der Waals surface area contributed by atoms with Crippen LogP contribution >= 0.6 is 0 Å². The number of hydrogen-bond donors (Lipinski definition) is 1. The predicted octanol–water partition coefficient (Wildman–Crippen LogP) is -0.368. The van der Waals surface area contributed by atoms with Gasteiger partial charge in [0.15, 0.2) is 0 Å². The SMILES string of the molecule is CN(C)S(=O)(=O)CCNc1nn(C)cc1[N+](=O)[O-]. The van der Waals surface area contributed by atoms with Crippen molar-refractivity contribution in [1.82, 2.24) is 14.1 Å². The highest BCUT2D eigenvalue weighted by Crippen LogP contribution is 2.20. The Morgan fingerprint density at radius 2 is 2.17 bits per heavy atom. The van der Waals surface area contributed by atoms with E-state index in [-0.39, 0.29) is 23.8 Å². The molecule has 0 unspecified atom stereocenters. The molecule has 0 aliphatic carbocycles. The van der Waals surface area contributed by atoms with E-state index in [1.54, 1.807) is 7.05 Å². The molecule has 1 rings (SSSR count). The standard InChI is InChI=1S/C8H15N5O4S/c1-11(2)18(16,17)5-4-9-8-7(13(14)15)6-12(3)10-8/h6H,4-5H2,1-3H3,(H,9,10). The van der Waals surface area contributed by atoms with Gasteiger partial charge < -0.3 is 5.32 Å².